The molecule has 0 fully saturated rings. The molecule has 0 amide bonds. The average Bonchev–Trinajstić information content (AvgIpc) is 2.31. The SMILES string of the molecule is C=CCCn1cc(Br)cn1. The molecule has 0 aliphatic rings. The molecule has 0 aromatic carbocycles. The van der Waals surface area contributed by atoms with Crippen molar-refractivity contribution < 1.29 is 0 Å². The number of nitrogens with zero attached hydrogens (tertiary/aromatic N) is 2. The van der Waals surface area contributed by atoms with Crippen LogP contribution in [0.3, 0.4) is 0 Å². The quantitative estimate of drug-likeness (QED) is 0.685. The van der Waals surface area contributed by atoms with Crippen LogP contribution in [0.1, 0.15) is 6.42 Å². The van der Waals surface area contributed by atoms with E-state index in [4.69, 9.17) is 0 Å². The van der Waals surface area contributed by atoms with Gasteiger partial charge in [0.15, 0.2) is 0 Å². The lowest BCUT2D eigenvalue weighted by Crippen LogP contribution is -1.95. The minimum Gasteiger partial charge on any atom is -0.271 e. The molecule has 0 saturated carbocycles. The number of hydrogen-bond donors (Lipinski definition) is 0. The van der Waals surface area contributed by atoms with Crippen LogP contribution in [-0.2, 0) is 6.54 Å². The zero-order chi connectivity index (χ0) is 7.40. The number of halogens is 1. The number of aromatic nitrogens is 2. The van der Waals surface area contributed by atoms with E-state index < -0.39 is 0 Å². The van der Waals surface area contributed by atoms with Crippen molar-refractivity contribution in [2.24, 2.45) is 0 Å². The van der Waals surface area contributed by atoms with Crippen LogP contribution in [0.5, 0.6) is 0 Å². The fourth-order valence-electron chi connectivity index (χ4n) is 0.684. The molecule has 2 nitrogen and oxygen atoms in total. The number of allylic oxidation sites excluding steroid dienone is 1. The van der Waals surface area contributed by atoms with E-state index in [1.165, 1.54) is 0 Å². The van der Waals surface area contributed by atoms with Gasteiger partial charge in [-0.25, -0.2) is 0 Å². The monoisotopic (exact) mass is 200 g/mol. The van der Waals surface area contributed by atoms with E-state index in [0.29, 0.717) is 0 Å². The van der Waals surface area contributed by atoms with E-state index in [-0.39, 0.29) is 0 Å². The molecular formula is C7H9BrN2. The summed E-state index contributed by atoms with van der Waals surface area (Å²) in [5, 5.41) is 4.08. The summed E-state index contributed by atoms with van der Waals surface area (Å²) in [4.78, 5) is 0. The summed E-state index contributed by atoms with van der Waals surface area (Å²) in [5.41, 5.74) is 0. The van der Waals surface area contributed by atoms with Crippen LogP contribution < -0.4 is 0 Å². The number of rotatable bonds is 3. The Morgan fingerprint density at radius 2 is 2.60 bits per heavy atom. The Morgan fingerprint density at radius 3 is 3.10 bits per heavy atom. The molecule has 1 aromatic rings. The average molecular weight is 201 g/mol. The van der Waals surface area contributed by atoms with Crippen LogP contribution in [0.4, 0.5) is 0 Å². The van der Waals surface area contributed by atoms with E-state index in [0.717, 1.165) is 17.4 Å². The maximum atomic E-state index is 4.08. The Hall–Kier alpha value is -0.570. The summed E-state index contributed by atoms with van der Waals surface area (Å²) in [7, 11) is 0. The lowest BCUT2D eigenvalue weighted by molar-refractivity contribution is 0.624. The molecule has 0 aliphatic carbocycles. The summed E-state index contributed by atoms with van der Waals surface area (Å²) in [6.45, 7) is 4.54. The van der Waals surface area contributed by atoms with Crippen LogP contribution in [0.15, 0.2) is 29.5 Å². The lowest BCUT2D eigenvalue weighted by atomic mass is 10.4. The normalized spacial score (nSPS) is 9.70. The molecule has 0 spiro atoms. The molecule has 1 rings (SSSR count). The summed E-state index contributed by atoms with van der Waals surface area (Å²) in [5.74, 6) is 0. The molecule has 0 bridgehead atoms. The second-order valence-electron chi connectivity index (χ2n) is 2.00. The molecule has 10 heavy (non-hydrogen) atoms. The van der Waals surface area contributed by atoms with Gasteiger partial charge >= 0.3 is 0 Å². The summed E-state index contributed by atoms with van der Waals surface area (Å²) in [6.07, 6.45) is 6.58. The van der Waals surface area contributed by atoms with Gasteiger partial charge in [-0.1, -0.05) is 6.08 Å². The van der Waals surface area contributed by atoms with Crippen molar-refractivity contribution in [2.45, 2.75) is 13.0 Å². The van der Waals surface area contributed by atoms with Crippen molar-refractivity contribution in [1.29, 1.82) is 0 Å². The summed E-state index contributed by atoms with van der Waals surface area (Å²) >= 11 is 3.31. The Balaban J connectivity index is 2.49. The summed E-state index contributed by atoms with van der Waals surface area (Å²) < 4.78 is 2.91. The fraction of sp³-hybridized carbons (Fsp3) is 0.286. The maximum absolute atomic E-state index is 4.08. The van der Waals surface area contributed by atoms with E-state index in [9.17, 15) is 0 Å². The molecule has 3 heteroatoms. The van der Waals surface area contributed by atoms with Crippen molar-refractivity contribution in [3.05, 3.63) is 29.5 Å². The third-order valence-electron chi connectivity index (χ3n) is 1.16. The third-order valence-corrected chi connectivity index (χ3v) is 1.57. The summed E-state index contributed by atoms with van der Waals surface area (Å²) in [6, 6.07) is 0. The van der Waals surface area contributed by atoms with Gasteiger partial charge in [0.1, 0.15) is 0 Å². The zero-order valence-corrected chi connectivity index (χ0v) is 7.21. The Bertz CT molecular complexity index is 217. The minimum atomic E-state index is 0.912. The highest BCUT2D eigenvalue weighted by atomic mass is 79.9. The largest absolute Gasteiger partial charge is 0.271 e. The van der Waals surface area contributed by atoms with Crippen molar-refractivity contribution in [3.8, 4) is 0 Å². The molecule has 0 N–H and O–H groups in total. The van der Waals surface area contributed by atoms with Crippen LogP contribution in [0.25, 0.3) is 0 Å². The maximum Gasteiger partial charge on any atom is 0.0632 e. The van der Waals surface area contributed by atoms with Gasteiger partial charge in [-0.05, 0) is 22.4 Å². The molecule has 0 unspecified atom stereocenters. The first-order valence-electron chi connectivity index (χ1n) is 3.12. The molecule has 0 saturated heterocycles. The first kappa shape index (κ1) is 7.54. The second kappa shape index (κ2) is 3.56. The number of aryl methyl sites for hydroxylation is 1. The van der Waals surface area contributed by atoms with Gasteiger partial charge in [-0.2, -0.15) is 5.10 Å². The molecule has 0 aliphatic heterocycles. The predicted molar refractivity (Wildman–Crippen MR) is 44.7 cm³/mol. The highest BCUT2D eigenvalue weighted by Crippen LogP contribution is 2.06. The van der Waals surface area contributed by atoms with Crippen LogP contribution >= 0.6 is 15.9 Å². The molecule has 1 heterocycles. The Labute approximate surface area is 68.7 Å². The van der Waals surface area contributed by atoms with Gasteiger partial charge in [-0.15, -0.1) is 6.58 Å². The second-order valence-corrected chi connectivity index (χ2v) is 2.91. The fourth-order valence-corrected chi connectivity index (χ4v) is 1.01. The highest BCUT2D eigenvalue weighted by molar-refractivity contribution is 9.10. The van der Waals surface area contributed by atoms with E-state index in [1.807, 2.05) is 17.0 Å². The van der Waals surface area contributed by atoms with Crippen molar-refractivity contribution in [1.82, 2.24) is 9.78 Å². The molecule has 0 radical (unpaired) electrons. The van der Waals surface area contributed by atoms with Gasteiger partial charge in [0.2, 0.25) is 0 Å². The highest BCUT2D eigenvalue weighted by Gasteiger charge is 1.91. The van der Waals surface area contributed by atoms with Gasteiger partial charge in [-0.3, -0.25) is 4.68 Å². The van der Waals surface area contributed by atoms with E-state index >= 15 is 0 Å². The topological polar surface area (TPSA) is 17.8 Å². The standard InChI is InChI=1S/C7H9BrN2/c1-2-3-4-10-6-7(8)5-9-10/h2,5-6H,1,3-4H2. The van der Waals surface area contributed by atoms with Crippen LogP contribution in [0.2, 0.25) is 0 Å². The lowest BCUT2D eigenvalue weighted by Gasteiger charge is -1.94. The van der Waals surface area contributed by atoms with Gasteiger partial charge < -0.3 is 0 Å². The van der Waals surface area contributed by atoms with Crippen molar-refractivity contribution in [2.75, 3.05) is 0 Å². The minimum absolute atomic E-state index is 0.912. The molecule has 1 aromatic heterocycles. The van der Waals surface area contributed by atoms with Crippen LogP contribution in [0, 0.1) is 0 Å². The first-order valence-corrected chi connectivity index (χ1v) is 3.91. The zero-order valence-electron chi connectivity index (χ0n) is 5.63. The van der Waals surface area contributed by atoms with Crippen molar-refractivity contribution >= 4 is 15.9 Å². The number of hydrogen-bond acceptors (Lipinski definition) is 1. The van der Waals surface area contributed by atoms with Gasteiger partial charge in [0.05, 0.1) is 10.7 Å². The molecular weight excluding hydrogens is 192 g/mol. The van der Waals surface area contributed by atoms with E-state index in [2.05, 4.69) is 27.6 Å². The van der Waals surface area contributed by atoms with E-state index in [1.54, 1.807) is 6.20 Å². The predicted octanol–water partition coefficient (Wildman–Crippen LogP) is 2.22. The Kier molecular flexibility index (Phi) is 2.68. The van der Waals surface area contributed by atoms with Gasteiger partial charge in [0.25, 0.3) is 0 Å². The van der Waals surface area contributed by atoms with Gasteiger partial charge in [0, 0.05) is 12.7 Å². The smallest absolute Gasteiger partial charge is 0.0632 e. The van der Waals surface area contributed by atoms with Crippen LogP contribution in [-0.4, -0.2) is 9.78 Å². The van der Waals surface area contributed by atoms with Crippen molar-refractivity contribution in [3.63, 3.8) is 0 Å². The Morgan fingerprint density at radius 1 is 1.80 bits per heavy atom. The third kappa shape index (κ3) is 1.99. The molecule has 0 atom stereocenters. The first-order chi connectivity index (χ1) is 4.83. The molecule has 54 valence electrons.